The Hall–Kier alpha value is -3.03. The Labute approximate surface area is 635 Å². The van der Waals surface area contributed by atoms with Crippen molar-refractivity contribution >= 4 is 5.91 Å². The molecule has 0 aromatic carbocycles. The molecule has 3 heterocycles. The largest absolute Gasteiger partial charge is 0.394 e. The lowest BCUT2D eigenvalue weighted by molar-refractivity contribution is -0.379. The van der Waals surface area contributed by atoms with Gasteiger partial charge in [0, 0.05) is 6.42 Å². The maximum absolute atomic E-state index is 13.5. The number of rotatable bonds is 67. The van der Waals surface area contributed by atoms with Crippen molar-refractivity contribution in [1.29, 1.82) is 0 Å². The fraction of sp³-hybridized carbons (Fsp3) is 0.826. The van der Waals surface area contributed by atoms with Crippen LogP contribution in [0, 0.1) is 0 Å². The van der Waals surface area contributed by atoms with Crippen molar-refractivity contribution in [2.24, 2.45) is 0 Å². The Bertz CT molecular complexity index is 2230. The van der Waals surface area contributed by atoms with Crippen LogP contribution in [0.4, 0.5) is 0 Å². The zero-order chi connectivity index (χ0) is 76.0. The molecule has 17 unspecified atom stereocenters. The van der Waals surface area contributed by atoms with Gasteiger partial charge in [-0.25, -0.2) is 0 Å². The fourth-order valence-corrected chi connectivity index (χ4v) is 14.0. The van der Waals surface area contributed by atoms with Gasteiger partial charge in [-0.15, -0.1) is 0 Å². The minimum atomic E-state index is -1.98. The van der Waals surface area contributed by atoms with Crippen LogP contribution in [-0.4, -0.2) is 193 Å². The molecule has 0 bridgehead atoms. The number of hydrogen-bond acceptors (Lipinski definition) is 18. The van der Waals surface area contributed by atoms with E-state index in [0.29, 0.717) is 12.8 Å². The van der Waals surface area contributed by atoms with Gasteiger partial charge >= 0.3 is 0 Å². The zero-order valence-corrected chi connectivity index (χ0v) is 65.4. The monoisotopic (exact) mass is 1490 g/mol. The number of unbranched alkanes of at least 4 members (excludes halogenated alkanes) is 37. The molecule has 19 nitrogen and oxygen atoms in total. The standard InChI is InChI=1S/C86H153NO18/c1-3-5-7-9-11-13-15-17-19-21-23-25-27-28-29-30-31-32-33-34-35-36-37-38-39-40-42-44-46-48-50-52-54-56-58-60-62-64-74(92)87-69(70(91)63-61-59-57-55-53-51-49-47-45-43-41-26-24-22-20-18-16-14-12-10-8-6-4-2)68-100-84-80(98)77(95)82(72(66-89)102-84)105-86-81(99)78(96)83(73(67-90)103-86)104-85-79(97)76(94)75(93)71(65-88)101-85/h5,7,11,13,17,19,23,25,28-29,31-32,34-35,69-73,75-86,88-91,93-99H,3-4,6,8-10,12,14-16,18,20-22,24,26-27,30,33,36-68H2,1-2H3,(H,87,92)/b7-5-,13-11-,19-17-,25-23-,29-28-,32-31-,35-34-. The van der Waals surface area contributed by atoms with Crippen LogP contribution >= 0.6 is 0 Å². The Balaban J connectivity index is 1.33. The average Bonchev–Trinajstić information content (AvgIpc) is 0.779. The average molecular weight is 1490 g/mol. The quantitative estimate of drug-likeness (QED) is 0.0199. The smallest absolute Gasteiger partial charge is 0.220 e. The van der Waals surface area contributed by atoms with Gasteiger partial charge in [-0.3, -0.25) is 4.79 Å². The number of aliphatic hydroxyl groups excluding tert-OH is 11. The summed E-state index contributed by atoms with van der Waals surface area (Å²) in [5.74, 6) is -0.241. The van der Waals surface area contributed by atoms with E-state index in [4.69, 9.17) is 28.4 Å². The number of hydrogen-bond donors (Lipinski definition) is 12. The number of aliphatic hydroxyl groups is 11. The third kappa shape index (κ3) is 45.2. The number of carbonyl (C=O) groups excluding carboxylic acids is 1. The fourth-order valence-electron chi connectivity index (χ4n) is 14.0. The molecule has 1 amide bonds. The predicted molar refractivity (Wildman–Crippen MR) is 420 cm³/mol. The van der Waals surface area contributed by atoms with Crippen LogP contribution in [0.1, 0.15) is 322 Å². The molecule has 0 radical (unpaired) electrons. The summed E-state index contributed by atoms with van der Waals surface area (Å²) >= 11 is 0. The van der Waals surface area contributed by atoms with Gasteiger partial charge in [-0.1, -0.05) is 330 Å². The molecule has 3 fully saturated rings. The van der Waals surface area contributed by atoms with Crippen LogP contribution in [0.15, 0.2) is 85.1 Å². The summed E-state index contributed by atoms with van der Waals surface area (Å²) in [6, 6.07) is -0.892. The number of nitrogens with one attached hydrogen (secondary N) is 1. The van der Waals surface area contributed by atoms with E-state index in [0.717, 1.165) is 96.3 Å². The summed E-state index contributed by atoms with van der Waals surface area (Å²) in [4.78, 5) is 13.5. The molecule has 3 rings (SSSR count). The lowest BCUT2D eigenvalue weighted by atomic mass is 9.96. The Morgan fingerprint density at radius 3 is 1.03 bits per heavy atom. The first kappa shape index (κ1) is 96.2. The molecule has 12 N–H and O–H groups in total. The highest BCUT2D eigenvalue weighted by atomic mass is 16.8. The van der Waals surface area contributed by atoms with Crippen LogP contribution in [0.2, 0.25) is 0 Å². The maximum atomic E-state index is 13.5. The second kappa shape index (κ2) is 65.7. The molecule has 0 aliphatic carbocycles. The minimum Gasteiger partial charge on any atom is -0.394 e. The van der Waals surface area contributed by atoms with E-state index in [1.54, 1.807) is 0 Å². The van der Waals surface area contributed by atoms with Crippen molar-refractivity contribution in [3.63, 3.8) is 0 Å². The number of ether oxygens (including phenoxy) is 6. The van der Waals surface area contributed by atoms with Gasteiger partial charge < -0.3 is 89.9 Å². The molecule has 3 aliphatic rings. The molecule has 3 saturated heterocycles. The summed E-state index contributed by atoms with van der Waals surface area (Å²) < 4.78 is 34.6. The second-order valence-electron chi connectivity index (χ2n) is 29.9. The van der Waals surface area contributed by atoms with E-state index in [1.165, 1.54) is 193 Å². The van der Waals surface area contributed by atoms with Crippen molar-refractivity contribution in [1.82, 2.24) is 5.32 Å². The van der Waals surface area contributed by atoms with Gasteiger partial charge in [0.05, 0.1) is 38.6 Å². The molecule has 610 valence electrons. The van der Waals surface area contributed by atoms with Crippen LogP contribution in [-0.2, 0) is 33.2 Å². The van der Waals surface area contributed by atoms with Crippen molar-refractivity contribution < 1.29 is 89.4 Å². The first-order valence-corrected chi connectivity index (χ1v) is 42.3. The van der Waals surface area contributed by atoms with Gasteiger partial charge in [-0.05, 0) is 70.6 Å². The summed E-state index contributed by atoms with van der Waals surface area (Å²) in [5.41, 5.74) is 0. The van der Waals surface area contributed by atoms with E-state index < -0.39 is 124 Å². The molecular weight excluding hydrogens is 1330 g/mol. The topological polar surface area (TPSA) is 307 Å². The Morgan fingerprint density at radius 2 is 0.657 bits per heavy atom. The van der Waals surface area contributed by atoms with Crippen molar-refractivity contribution in [2.45, 2.75) is 426 Å². The predicted octanol–water partition coefficient (Wildman–Crippen LogP) is 15.0. The Kier molecular flexibility index (Phi) is 60.1. The van der Waals surface area contributed by atoms with Crippen LogP contribution < -0.4 is 5.32 Å². The molecule has 0 spiro atoms. The van der Waals surface area contributed by atoms with E-state index in [9.17, 15) is 61.0 Å². The highest BCUT2D eigenvalue weighted by molar-refractivity contribution is 5.76. The van der Waals surface area contributed by atoms with Gasteiger partial charge in [0.15, 0.2) is 18.9 Å². The van der Waals surface area contributed by atoms with E-state index in [1.807, 2.05) is 0 Å². The number of amides is 1. The number of allylic oxidation sites excluding steroid dienone is 14. The molecule has 0 aromatic rings. The Morgan fingerprint density at radius 1 is 0.352 bits per heavy atom. The highest BCUT2D eigenvalue weighted by Crippen LogP contribution is 2.33. The third-order valence-corrected chi connectivity index (χ3v) is 20.7. The molecular formula is C86H153NO18. The SMILES string of the molecule is CC/C=C\C/C=C\C/C=C\C/C=C\C/C=C\C/C=C\C/C=C\CCCCCCCCCCCCCCCCCC(=O)NC(COC1OC(CO)C(OC2OC(CO)C(OC3OC(CO)C(O)C(O)C3O)C(O)C2O)C(O)C1O)C(O)CCCCCCCCCCCCCCCCCCCCCCCCC. The lowest BCUT2D eigenvalue weighted by Crippen LogP contribution is -2.66. The summed E-state index contributed by atoms with van der Waals surface area (Å²) in [5, 5.41) is 121. The van der Waals surface area contributed by atoms with Gasteiger partial charge in [0.1, 0.15) is 73.2 Å². The van der Waals surface area contributed by atoms with Crippen molar-refractivity contribution in [3.05, 3.63) is 85.1 Å². The van der Waals surface area contributed by atoms with Crippen LogP contribution in [0.3, 0.4) is 0 Å². The molecule has 19 heteroatoms. The lowest BCUT2D eigenvalue weighted by Gasteiger charge is -2.48. The zero-order valence-electron chi connectivity index (χ0n) is 65.4. The summed E-state index contributed by atoms with van der Waals surface area (Å²) in [6.45, 7) is 1.73. The van der Waals surface area contributed by atoms with Crippen molar-refractivity contribution in [3.8, 4) is 0 Å². The molecule has 0 aromatic heterocycles. The van der Waals surface area contributed by atoms with Gasteiger partial charge in [-0.2, -0.15) is 0 Å². The molecule has 105 heavy (non-hydrogen) atoms. The van der Waals surface area contributed by atoms with E-state index >= 15 is 0 Å². The van der Waals surface area contributed by atoms with Crippen LogP contribution in [0.5, 0.6) is 0 Å². The normalized spacial score (nSPS) is 26.2. The van der Waals surface area contributed by atoms with Gasteiger partial charge in [0.2, 0.25) is 5.91 Å². The first-order chi connectivity index (χ1) is 51.3. The van der Waals surface area contributed by atoms with Gasteiger partial charge in [0.25, 0.3) is 0 Å². The van der Waals surface area contributed by atoms with E-state index in [-0.39, 0.29) is 18.9 Å². The minimum absolute atomic E-state index is 0.241. The summed E-state index contributed by atoms with van der Waals surface area (Å²) in [6.07, 6.45) is 61.0. The third-order valence-electron chi connectivity index (χ3n) is 20.7. The molecule has 0 saturated carbocycles. The molecule has 3 aliphatic heterocycles. The second-order valence-corrected chi connectivity index (χ2v) is 29.9. The maximum Gasteiger partial charge on any atom is 0.220 e. The first-order valence-electron chi connectivity index (χ1n) is 42.3. The molecule has 17 atom stereocenters. The van der Waals surface area contributed by atoms with Crippen LogP contribution in [0.25, 0.3) is 0 Å². The van der Waals surface area contributed by atoms with E-state index in [2.05, 4.69) is 104 Å². The summed E-state index contributed by atoms with van der Waals surface area (Å²) in [7, 11) is 0. The van der Waals surface area contributed by atoms with Crippen molar-refractivity contribution in [2.75, 3.05) is 26.4 Å². The number of carbonyl (C=O) groups is 1. The highest BCUT2D eigenvalue weighted by Gasteiger charge is 2.54.